The molecule has 3 amide bonds. The third-order valence-electron chi connectivity index (χ3n) is 4.66. The van der Waals surface area contributed by atoms with Gasteiger partial charge >= 0.3 is 0 Å². The van der Waals surface area contributed by atoms with Gasteiger partial charge in [0.05, 0.1) is 17.7 Å². The van der Waals surface area contributed by atoms with Crippen LogP contribution in [0.25, 0.3) is 0 Å². The highest BCUT2D eigenvalue weighted by atomic mass is 16.5. The Hall–Kier alpha value is -3.15. The summed E-state index contributed by atoms with van der Waals surface area (Å²) in [5.41, 5.74) is -0.633. The van der Waals surface area contributed by atoms with Gasteiger partial charge in [0.2, 0.25) is 5.91 Å². The van der Waals surface area contributed by atoms with Crippen molar-refractivity contribution in [1.29, 1.82) is 0 Å². The number of carbonyl (C=O) groups excluding carboxylic acids is 3. The molecule has 2 aromatic rings. The van der Waals surface area contributed by atoms with E-state index in [2.05, 4.69) is 0 Å². The number of rotatable bonds is 6. The standard InChI is InChI=1S/C21H22N2O4/c1-21(2,23-18(24)16-11-7-8-12-17(16)19(23)25)20(26)22(3)13-14-27-15-9-5-4-6-10-15/h4-12H,13-14H2,1-3H3. The summed E-state index contributed by atoms with van der Waals surface area (Å²) >= 11 is 0. The summed E-state index contributed by atoms with van der Waals surface area (Å²) in [4.78, 5) is 40.9. The molecule has 0 fully saturated rings. The second kappa shape index (κ2) is 7.23. The normalized spacial score (nSPS) is 13.5. The predicted molar refractivity (Wildman–Crippen MR) is 101 cm³/mol. The monoisotopic (exact) mass is 366 g/mol. The van der Waals surface area contributed by atoms with E-state index >= 15 is 0 Å². The third-order valence-corrected chi connectivity index (χ3v) is 4.66. The predicted octanol–water partition coefficient (Wildman–Crippen LogP) is 2.60. The summed E-state index contributed by atoms with van der Waals surface area (Å²) in [6, 6.07) is 15.9. The molecule has 0 aromatic heterocycles. The Bertz CT molecular complexity index is 842. The number of likely N-dealkylation sites (N-methyl/N-ethyl adjacent to an activating group) is 1. The summed E-state index contributed by atoms with van der Waals surface area (Å²) < 4.78 is 5.62. The molecule has 6 heteroatoms. The summed E-state index contributed by atoms with van der Waals surface area (Å²) in [6.45, 7) is 3.82. The van der Waals surface area contributed by atoms with Crippen molar-refractivity contribution in [3.63, 3.8) is 0 Å². The summed E-state index contributed by atoms with van der Waals surface area (Å²) in [5, 5.41) is 0. The van der Waals surface area contributed by atoms with E-state index in [1.807, 2.05) is 30.3 Å². The molecule has 27 heavy (non-hydrogen) atoms. The molecule has 140 valence electrons. The van der Waals surface area contributed by atoms with Gasteiger partial charge < -0.3 is 9.64 Å². The number of imide groups is 1. The van der Waals surface area contributed by atoms with E-state index in [4.69, 9.17) is 4.74 Å². The van der Waals surface area contributed by atoms with Gasteiger partial charge in [0, 0.05) is 7.05 Å². The molecule has 2 aromatic carbocycles. The highest BCUT2D eigenvalue weighted by molar-refractivity contribution is 6.23. The Labute approximate surface area is 158 Å². The fraction of sp³-hybridized carbons (Fsp3) is 0.286. The van der Waals surface area contributed by atoms with Crippen molar-refractivity contribution in [3.8, 4) is 5.75 Å². The first-order valence-electron chi connectivity index (χ1n) is 8.75. The van der Waals surface area contributed by atoms with Gasteiger partial charge in [-0.2, -0.15) is 0 Å². The molecular weight excluding hydrogens is 344 g/mol. The summed E-state index contributed by atoms with van der Waals surface area (Å²) in [5.74, 6) is -0.489. The van der Waals surface area contributed by atoms with Crippen LogP contribution in [0, 0.1) is 0 Å². The average Bonchev–Trinajstić information content (AvgIpc) is 2.93. The van der Waals surface area contributed by atoms with E-state index in [0.29, 0.717) is 24.3 Å². The zero-order chi connectivity index (χ0) is 19.6. The number of benzene rings is 2. The molecule has 1 heterocycles. The van der Waals surface area contributed by atoms with E-state index < -0.39 is 17.4 Å². The zero-order valence-electron chi connectivity index (χ0n) is 15.6. The van der Waals surface area contributed by atoms with E-state index in [1.54, 1.807) is 45.2 Å². The maximum absolute atomic E-state index is 13.0. The topological polar surface area (TPSA) is 66.9 Å². The van der Waals surface area contributed by atoms with Crippen LogP contribution in [-0.4, -0.2) is 53.3 Å². The molecule has 0 unspecified atom stereocenters. The zero-order valence-corrected chi connectivity index (χ0v) is 15.6. The highest BCUT2D eigenvalue weighted by Gasteiger charge is 2.48. The van der Waals surface area contributed by atoms with Crippen molar-refractivity contribution < 1.29 is 19.1 Å². The largest absolute Gasteiger partial charge is 0.492 e. The van der Waals surface area contributed by atoms with Gasteiger partial charge in [0.25, 0.3) is 11.8 Å². The van der Waals surface area contributed by atoms with Crippen LogP contribution < -0.4 is 4.74 Å². The minimum absolute atomic E-state index is 0.310. The van der Waals surface area contributed by atoms with Crippen molar-refractivity contribution in [1.82, 2.24) is 9.80 Å². The van der Waals surface area contributed by atoms with Gasteiger partial charge in [-0.05, 0) is 38.1 Å². The van der Waals surface area contributed by atoms with Gasteiger partial charge in [-0.1, -0.05) is 30.3 Å². The van der Waals surface area contributed by atoms with Crippen molar-refractivity contribution in [3.05, 3.63) is 65.7 Å². The number of nitrogens with zero attached hydrogens (tertiary/aromatic N) is 2. The molecule has 0 bridgehead atoms. The molecule has 1 aliphatic rings. The van der Waals surface area contributed by atoms with Gasteiger partial charge in [-0.3, -0.25) is 19.3 Å². The van der Waals surface area contributed by atoms with Crippen LogP contribution in [0.15, 0.2) is 54.6 Å². The van der Waals surface area contributed by atoms with Gasteiger partial charge in [-0.15, -0.1) is 0 Å². The first kappa shape index (κ1) is 18.6. The molecular formula is C21H22N2O4. The van der Waals surface area contributed by atoms with Crippen LogP contribution in [0.3, 0.4) is 0 Å². The highest BCUT2D eigenvalue weighted by Crippen LogP contribution is 2.30. The molecule has 3 rings (SSSR count). The molecule has 0 radical (unpaired) electrons. The number of carbonyl (C=O) groups is 3. The van der Waals surface area contributed by atoms with Gasteiger partial charge in [0.15, 0.2) is 0 Å². The number of ether oxygens (including phenoxy) is 1. The Balaban J connectivity index is 1.68. The molecule has 0 atom stereocenters. The third kappa shape index (κ3) is 3.43. The van der Waals surface area contributed by atoms with Crippen LogP contribution in [0.5, 0.6) is 5.75 Å². The lowest BCUT2D eigenvalue weighted by Gasteiger charge is -2.35. The minimum Gasteiger partial charge on any atom is -0.492 e. The SMILES string of the molecule is CN(CCOc1ccccc1)C(=O)C(C)(C)N1C(=O)c2ccccc2C1=O. The van der Waals surface area contributed by atoms with E-state index in [-0.39, 0.29) is 5.91 Å². The van der Waals surface area contributed by atoms with Crippen molar-refractivity contribution >= 4 is 17.7 Å². The van der Waals surface area contributed by atoms with Crippen LogP contribution in [0.4, 0.5) is 0 Å². The minimum atomic E-state index is -1.30. The maximum Gasteiger partial charge on any atom is 0.262 e. The molecule has 0 spiro atoms. The molecule has 1 aliphatic heterocycles. The summed E-state index contributed by atoms with van der Waals surface area (Å²) in [7, 11) is 1.64. The van der Waals surface area contributed by atoms with E-state index in [0.717, 1.165) is 10.6 Å². The van der Waals surface area contributed by atoms with Crippen LogP contribution in [-0.2, 0) is 4.79 Å². The number of hydrogen-bond acceptors (Lipinski definition) is 4. The lowest BCUT2D eigenvalue weighted by atomic mass is 10.0. The van der Waals surface area contributed by atoms with Gasteiger partial charge in [-0.25, -0.2) is 0 Å². The molecule has 0 saturated heterocycles. The first-order valence-corrected chi connectivity index (χ1v) is 8.75. The quantitative estimate of drug-likeness (QED) is 0.737. The summed E-state index contributed by atoms with van der Waals surface area (Å²) in [6.07, 6.45) is 0. The fourth-order valence-electron chi connectivity index (χ4n) is 3.18. The maximum atomic E-state index is 13.0. The number of para-hydroxylation sites is 1. The van der Waals surface area contributed by atoms with Crippen LogP contribution in [0.1, 0.15) is 34.6 Å². The Morgan fingerprint density at radius 2 is 1.48 bits per heavy atom. The number of amides is 3. The van der Waals surface area contributed by atoms with Crippen molar-refractivity contribution in [2.75, 3.05) is 20.2 Å². The Morgan fingerprint density at radius 1 is 0.963 bits per heavy atom. The van der Waals surface area contributed by atoms with Crippen molar-refractivity contribution in [2.45, 2.75) is 19.4 Å². The molecule has 6 nitrogen and oxygen atoms in total. The Morgan fingerprint density at radius 3 is 2.04 bits per heavy atom. The molecule has 0 N–H and O–H groups in total. The average molecular weight is 366 g/mol. The number of hydrogen-bond donors (Lipinski definition) is 0. The van der Waals surface area contributed by atoms with E-state index in [1.165, 1.54) is 4.90 Å². The second-order valence-corrected chi connectivity index (χ2v) is 6.94. The second-order valence-electron chi connectivity index (χ2n) is 6.94. The van der Waals surface area contributed by atoms with Gasteiger partial charge in [0.1, 0.15) is 17.9 Å². The van der Waals surface area contributed by atoms with Crippen molar-refractivity contribution in [2.24, 2.45) is 0 Å². The molecule has 0 saturated carbocycles. The first-order chi connectivity index (χ1) is 12.8. The smallest absolute Gasteiger partial charge is 0.262 e. The fourth-order valence-corrected chi connectivity index (χ4v) is 3.18. The Kier molecular flexibility index (Phi) is 4.99. The van der Waals surface area contributed by atoms with E-state index in [9.17, 15) is 14.4 Å². The lowest BCUT2D eigenvalue weighted by molar-refractivity contribution is -0.139. The van der Waals surface area contributed by atoms with Crippen LogP contribution in [0.2, 0.25) is 0 Å². The number of fused-ring (bicyclic) bond motifs is 1. The van der Waals surface area contributed by atoms with Crippen LogP contribution >= 0.6 is 0 Å². The molecule has 0 aliphatic carbocycles. The lowest BCUT2D eigenvalue weighted by Crippen LogP contribution is -2.57.